The van der Waals surface area contributed by atoms with Gasteiger partial charge in [0.15, 0.2) is 0 Å². The van der Waals surface area contributed by atoms with Gasteiger partial charge in [0.2, 0.25) is 0 Å². The molecule has 0 saturated carbocycles. The lowest BCUT2D eigenvalue weighted by atomic mass is 9.78. The van der Waals surface area contributed by atoms with E-state index in [4.69, 9.17) is 18.0 Å². The second-order valence-electron chi connectivity index (χ2n) is 5.59. The van der Waals surface area contributed by atoms with Crippen molar-refractivity contribution >= 4 is 23.3 Å². The summed E-state index contributed by atoms with van der Waals surface area (Å²) in [5.74, 6) is 2.36. The molecule has 2 atom stereocenters. The number of Topliss-reactive ketones (excluding diaryl/α,β-unsaturated/α-hetero) is 1. The standard InChI is InChI=1S/C17H20ClNO2/c1-5-9-17(4,13(3)20)11-12(2)19-16(21)14-7-6-8-15(18)10-14/h1,6-8,10,12H,9,11H2,2-4H3,(H,19,21). The maximum atomic E-state index is 12.1. The Morgan fingerprint density at radius 1 is 1.48 bits per heavy atom. The van der Waals surface area contributed by atoms with Crippen LogP contribution in [0.5, 0.6) is 0 Å². The van der Waals surface area contributed by atoms with Gasteiger partial charge in [-0.15, -0.1) is 12.3 Å². The number of rotatable bonds is 6. The number of hydrogen-bond donors (Lipinski definition) is 1. The Balaban J connectivity index is 2.73. The molecule has 1 aromatic rings. The lowest BCUT2D eigenvalue weighted by Gasteiger charge is -2.28. The molecule has 0 aromatic heterocycles. The third-order valence-electron chi connectivity index (χ3n) is 3.56. The molecule has 1 amide bonds. The van der Waals surface area contributed by atoms with Crippen LogP contribution in [0.25, 0.3) is 0 Å². The molecule has 0 fully saturated rings. The molecule has 112 valence electrons. The number of carbonyl (C=O) groups excluding carboxylic acids is 2. The van der Waals surface area contributed by atoms with Crippen molar-refractivity contribution in [1.29, 1.82) is 0 Å². The average Bonchev–Trinajstić information content (AvgIpc) is 2.38. The second-order valence-corrected chi connectivity index (χ2v) is 6.02. The van der Waals surface area contributed by atoms with E-state index in [0.717, 1.165) is 0 Å². The molecule has 0 saturated heterocycles. The molecule has 0 spiro atoms. The van der Waals surface area contributed by atoms with Gasteiger partial charge in [-0.3, -0.25) is 9.59 Å². The van der Waals surface area contributed by atoms with Crippen LogP contribution in [0.1, 0.15) is 44.0 Å². The van der Waals surface area contributed by atoms with Gasteiger partial charge >= 0.3 is 0 Å². The Kier molecular flexibility index (Phi) is 5.99. The molecule has 21 heavy (non-hydrogen) atoms. The number of terminal acetylenes is 1. The third kappa shape index (κ3) is 4.91. The van der Waals surface area contributed by atoms with Gasteiger partial charge in [-0.05, 0) is 38.5 Å². The van der Waals surface area contributed by atoms with Crippen molar-refractivity contribution < 1.29 is 9.59 Å². The van der Waals surface area contributed by atoms with E-state index in [1.54, 1.807) is 24.3 Å². The molecule has 4 heteroatoms. The number of benzene rings is 1. The Hall–Kier alpha value is -1.79. The van der Waals surface area contributed by atoms with E-state index in [-0.39, 0.29) is 17.7 Å². The first-order valence-corrected chi connectivity index (χ1v) is 7.17. The normalized spacial score (nSPS) is 14.6. The summed E-state index contributed by atoms with van der Waals surface area (Å²) in [5.41, 5.74) is -0.119. The second kappa shape index (κ2) is 7.28. The van der Waals surface area contributed by atoms with Gasteiger partial charge in [0.1, 0.15) is 5.78 Å². The first kappa shape index (κ1) is 17.3. The largest absolute Gasteiger partial charge is 0.350 e. The van der Waals surface area contributed by atoms with Crippen LogP contribution in [0.2, 0.25) is 5.02 Å². The number of amides is 1. The van der Waals surface area contributed by atoms with Crippen molar-refractivity contribution in [3.05, 3.63) is 34.9 Å². The zero-order valence-corrected chi connectivity index (χ0v) is 13.3. The van der Waals surface area contributed by atoms with Crippen LogP contribution in [0.4, 0.5) is 0 Å². The third-order valence-corrected chi connectivity index (χ3v) is 3.80. The Morgan fingerprint density at radius 2 is 2.14 bits per heavy atom. The van der Waals surface area contributed by atoms with Crippen LogP contribution in [0.3, 0.4) is 0 Å². The molecular formula is C17H20ClNO2. The highest BCUT2D eigenvalue weighted by atomic mass is 35.5. The van der Waals surface area contributed by atoms with Crippen molar-refractivity contribution in [3.8, 4) is 12.3 Å². The van der Waals surface area contributed by atoms with Crippen LogP contribution in [0, 0.1) is 17.8 Å². The van der Waals surface area contributed by atoms with E-state index in [1.165, 1.54) is 6.92 Å². The molecule has 0 heterocycles. The fourth-order valence-corrected chi connectivity index (χ4v) is 2.42. The quantitative estimate of drug-likeness (QED) is 0.818. The lowest BCUT2D eigenvalue weighted by molar-refractivity contribution is -0.126. The van der Waals surface area contributed by atoms with Crippen LogP contribution in [-0.4, -0.2) is 17.7 Å². The smallest absolute Gasteiger partial charge is 0.251 e. The average molecular weight is 306 g/mol. The number of nitrogens with one attached hydrogen (secondary N) is 1. The SMILES string of the molecule is C#CCC(C)(CC(C)NC(=O)c1cccc(Cl)c1)C(C)=O. The number of hydrogen-bond acceptors (Lipinski definition) is 2. The van der Waals surface area contributed by atoms with Gasteiger partial charge in [-0.1, -0.05) is 24.6 Å². The summed E-state index contributed by atoms with van der Waals surface area (Å²) in [6.45, 7) is 5.22. The first-order chi connectivity index (χ1) is 9.78. The Labute approximate surface area is 131 Å². The molecule has 0 aliphatic rings. The lowest BCUT2D eigenvalue weighted by Crippen LogP contribution is -2.39. The zero-order valence-electron chi connectivity index (χ0n) is 12.6. The maximum absolute atomic E-state index is 12.1. The van der Waals surface area contributed by atoms with Crippen molar-refractivity contribution in [2.45, 2.75) is 39.7 Å². The maximum Gasteiger partial charge on any atom is 0.251 e. The molecule has 1 N–H and O–H groups in total. The number of ketones is 1. The first-order valence-electron chi connectivity index (χ1n) is 6.79. The monoisotopic (exact) mass is 305 g/mol. The van der Waals surface area contributed by atoms with Gasteiger partial charge in [0, 0.05) is 28.5 Å². The molecule has 0 radical (unpaired) electrons. The minimum absolute atomic E-state index is 0.0318. The molecule has 0 aliphatic carbocycles. The fraction of sp³-hybridized carbons (Fsp3) is 0.412. The van der Waals surface area contributed by atoms with E-state index < -0.39 is 5.41 Å². The predicted octanol–water partition coefficient (Wildman–Crippen LogP) is 3.47. The van der Waals surface area contributed by atoms with Crippen LogP contribution in [0.15, 0.2) is 24.3 Å². The number of carbonyl (C=O) groups is 2. The van der Waals surface area contributed by atoms with E-state index in [9.17, 15) is 9.59 Å². The highest BCUT2D eigenvalue weighted by molar-refractivity contribution is 6.30. The summed E-state index contributed by atoms with van der Waals surface area (Å²) in [5, 5.41) is 3.38. The van der Waals surface area contributed by atoms with Crippen molar-refractivity contribution in [1.82, 2.24) is 5.32 Å². The van der Waals surface area contributed by atoms with Crippen molar-refractivity contribution in [2.75, 3.05) is 0 Å². The van der Waals surface area contributed by atoms with Gasteiger partial charge < -0.3 is 5.32 Å². The topological polar surface area (TPSA) is 46.2 Å². The summed E-state index contributed by atoms with van der Waals surface area (Å²) < 4.78 is 0. The van der Waals surface area contributed by atoms with Gasteiger partial charge in [-0.2, -0.15) is 0 Å². The van der Waals surface area contributed by atoms with Crippen LogP contribution < -0.4 is 5.32 Å². The molecular weight excluding hydrogens is 286 g/mol. The molecule has 1 rings (SSSR count). The van der Waals surface area contributed by atoms with E-state index in [0.29, 0.717) is 23.4 Å². The summed E-state index contributed by atoms with van der Waals surface area (Å²) in [7, 11) is 0. The highest BCUT2D eigenvalue weighted by Crippen LogP contribution is 2.28. The number of halogens is 1. The summed E-state index contributed by atoms with van der Waals surface area (Å²) in [6, 6.07) is 6.56. The molecule has 2 unspecified atom stereocenters. The Morgan fingerprint density at radius 3 is 2.67 bits per heavy atom. The fourth-order valence-electron chi connectivity index (χ4n) is 2.23. The zero-order chi connectivity index (χ0) is 16.0. The molecule has 1 aromatic carbocycles. The minimum Gasteiger partial charge on any atom is -0.350 e. The van der Waals surface area contributed by atoms with E-state index in [1.807, 2.05) is 13.8 Å². The Bertz CT molecular complexity index is 576. The molecule has 0 bridgehead atoms. The van der Waals surface area contributed by atoms with E-state index >= 15 is 0 Å². The van der Waals surface area contributed by atoms with Gasteiger partial charge in [0.25, 0.3) is 5.91 Å². The van der Waals surface area contributed by atoms with Gasteiger partial charge in [-0.25, -0.2) is 0 Å². The van der Waals surface area contributed by atoms with Crippen LogP contribution in [-0.2, 0) is 4.79 Å². The van der Waals surface area contributed by atoms with Gasteiger partial charge in [0.05, 0.1) is 0 Å². The van der Waals surface area contributed by atoms with Crippen molar-refractivity contribution in [2.24, 2.45) is 5.41 Å². The summed E-state index contributed by atoms with van der Waals surface area (Å²) in [6.07, 6.45) is 6.19. The summed E-state index contributed by atoms with van der Waals surface area (Å²) >= 11 is 5.87. The van der Waals surface area contributed by atoms with Crippen molar-refractivity contribution in [3.63, 3.8) is 0 Å². The van der Waals surface area contributed by atoms with E-state index in [2.05, 4.69) is 11.2 Å². The van der Waals surface area contributed by atoms with Crippen LogP contribution >= 0.6 is 11.6 Å². The summed E-state index contributed by atoms with van der Waals surface area (Å²) in [4.78, 5) is 23.9. The highest BCUT2D eigenvalue weighted by Gasteiger charge is 2.31. The minimum atomic E-state index is -0.615. The molecule has 3 nitrogen and oxygen atoms in total. The predicted molar refractivity (Wildman–Crippen MR) is 85.2 cm³/mol. The molecule has 0 aliphatic heterocycles.